The quantitative estimate of drug-likeness (QED) is 0.671. The molecule has 6 nitrogen and oxygen atoms in total. The average molecular weight is 291 g/mol. The molecule has 1 aliphatic heterocycles. The van der Waals surface area contributed by atoms with Crippen LogP contribution in [0, 0.1) is 4.77 Å². The number of nitrogens with one attached hydrogen (secondary N) is 1. The number of H-pyrrole nitrogens is 1. The molecule has 2 N–H and O–H groups in total. The first kappa shape index (κ1) is 12.7. The summed E-state index contributed by atoms with van der Waals surface area (Å²) in [4.78, 5) is 7.15. The van der Waals surface area contributed by atoms with Gasteiger partial charge in [-0.05, 0) is 29.9 Å². The number of ether oxygens (including phenoxy) is 2. The highest BCUT2D eigenvalue weighted by atomic mass is 32.1. The molecule has 1 aromatic carbocycles. The van der Waals surface area contributed by atoms with Crippen molar-refractivity contribution in [3.8, 4) is 17.4 Å². The van der Waals surface area contributed by atoms with Crippen LogP contribution < -0.4 is 9.47 Å². The van der Waals surface area contributed by atoms with Crippen molar-refractivity contribution < 1.29 is 14.6 Å². The molecule has 2 heterocycles. The van der Waals surface area contributed by atoms with E-state index in [1.807, 2.05) is 18.2 Å². The molecule has 0 saturated heterocycles. The Labute approximate surface area is 120 Å². The lowest BCUT2D eigenvalue weighted by atomic mass is 10.2. The summed E-state index contributed by atoms with van der Waals surface area (Å²) in [6.07, 6.45) is 1.57. The van der Waals surface area contributed by atoms with E-state index < -0.39 is 0 Å². The summed E-state index contributed by atoms with van der Waals surface area (Å²) in [7, 11) is 1.68. The summed E-state index contributed by atoms with van der Waals surface area (Å²) >= 11 is 5.01. The van der Waals surface area contributed by atoms with Gasteiger partial charge in [0.2, 0.25) is 12.7 Å². The van der Waals surface area contributed by atoms with E-state index >= 15 is 0 Å². The summed E-state index contributed by atoms with van der Waals surface area (Å²) in [6, 6.07) is 5.69. The fraction of sp³-hybridized carbons (Fsp3) is 0.231. The predicted molar refractivity (Wildman–Crippen MR) is 76.1 cm³/mol. The van der Waals surface area contributed by atoms with Crippen molar-refractivity contribution in [3.63, 3.8) is 0 Å². The largest absolute Gasteiger partial charge is 0.493 e. The van der Waals surface area contributed by atoms with Gasteiger partial charge in [-0.2, -0.15) is 0 Å². The first-order chi connectivity index (χ1) is 9.65. The summed E-state index contributed by atoms with van der Waals surface area (Å²) < 4.78 is 12.5. The Bertz CT molecular complexity index is 733. The number of hydrogen-bond donors (Lipinski definition) is 2. The Kier molecular flexibility index (Phi) is 3.19. The molecule has 3 rings (SSSR count). The second-order valence-corrected chi connectivity index (χ2v) is 4.77. The van der Waals surface area contributed by atoms with E-state index in [0.29, 0.717) is 17.0 Å². The van der Waals surface area contributed by atoms with Crippen LogP contribution in [-0.2, 0) is 13.6 Å². The van der Waals surface area contributed by atoms with Crippen LogP contribution in [0.25, 0.3) is 0 Å². The van der Waals surface area contributed by atoms with Gasteiger partial charge in [0.15, 0.2) is 16.3 Å². The molecule has 0 atom stereocenters. The van der Waals surface area contributed by atoms with Gasteiger partial charge < -0.3 is 19.6 Å². The number of benzene rings is 1. The standard InChI is InChI=1S/C13H13N3O3S/c1-16-12(17)9(15-13(16)20)6-14-5-8-2-3-10-11(4-8)19-7-18-10/h2-4,6,17H,5,7H2,1H3,(H,15,20). The van der Waals surface area contributed by atoms with Crippen molar-refractivity contribution in [1.82, 2.24) is 9.55 Å². The normalized spacial score (nSPS) is 13.2. The maximum atomic E-state index is 9.78. The van der Waals surface area contributed by atoms with Gasteiger partial charge in [-0.15, -0.1) is 0 Å². The zero-order valence-electron chi connectivity index (χ0n) is 10.8. The Morgan fingerprint density at radius 2 is 2.25 bits per heavy atom. The maximum Gasteiger partial charge on any atom is 0.231 e. The van der Waals surface area contributed by atoms with Gasteiger partial charge in [0.1, 0.15) is 5.69 Å². The minimum absolute atomic E-state index is 0.0736. The summed E-state index contributed by atoms with van der Waals surface area (Å²) in [6.45, 7) is 0.738. The van der Waals surface area contributed by atoms with Crippen LogP contribution in [0.1, 0.15) is 11.3 Å². The molecule has 0 fully saturated rings. The van der Waals surface area contributed by atoms with E-state index in [1.54, 1.807) is 13.3 Å². The summed E-state index contributed by atoms with van der Waals surface area (Å²) in [5.74, 6) is 1.56. The lowest BCUT2D eigenvalue weighted by molar-refractivity contribution is 0.174. The SMILES string of the molecule is Cn1c(O)c(C=NCc2ccc3c(c2)OCO3)[nH]c1=S. The molecule has 0 saturated carbocycles. The Morgan fingerprint density at radius 3 is 3.00 bits per heavy atom. The topological polar surface area (TPSA) is 71.8 Å². The smallest absolute Gasteiger partial charge is 0.231 e. The molecule has 104 valence electrons. The number of rotatable bonds is 3. The van der Waals surface area contributed by atoms with Crippen molar-refractivity contribution in [2.45, 2.75) is 6.54 Å². The minimum Gasteiger partial charge on any atom is -0.493 e. The number of nitrogens with zero attached hydrogens (tertiary/aromatic N) is 2. The Morgan fingerprint density at radius 1 is 1.45 bits per heavy atom. The van der Waals surface area contributed by atoms with Crippen LogP contribution in [-0.4, -0.2) is 27.7 Å². The second-order valence-electron chi connectivity index (χ2n) is 4.38. The molecule has 0 bridgehead atoms. The third-order valence-electron chi connectivity index (χ3n) is 3.04. The van der Waals surface area contributed by atoms with Gasteiger partial charge in [-0.1, -0.05) is 6.07 Å². The summed E-state index contributed by atoms with van der Waals surface area (Å²) in [5.41, 5.74) is 1.50. The number of aromatic amines is 1. The fourth-order valence-corrected chi connectivity index (χ4v) is 2.10. The highest BCUT2D eigenvalue weighted by Gasteiger charge is 2.12. The highest BCUT2D eigenvalue weighted by Crippen LogP contribution is 2.32. The van der Waals surface area contributed by atoms with Crippen molar-refractivity contribution in [1.29, 1.82) is 0 Å². The molecule has 20 heavy (non-hydrogen) atoms. The van der Waals surface area contributed by atoms with Crippen LogP contribution in [0.3, 0.4) is 0 Å². The van der Waals surface area contributed by atoms with Crippen LogP contribution in [0.5, 0.6) is 17.4 Å². The lowest BCUT2D eigenvalue weighted by Crippen LogP contribution is -1.92. The second kappa shape index (κ2) is 5.01. The lowest BCUT2D eigenvalue weighted by Gasteiger charge is -1.99. The number of aromatic nitrogens is 2. The van der Waals surface area contributed by atoms with Crippen LogP contribution in [0.4, 0.5) is 0 Å². The molecule has 1 aromatic heterocycles. The van der Waals surface area contributed by atoms with Gasteiger partial charge in [-0.3, -0.25) is 9.56 Å². The van der Waals surface area contributed by atoms with E-state index in [-0.39, 0.29) is 12.7 Å². The first-order valence-electron chi connectivity index (χ1n) is 6.01. The van der Waals surface area contributed by atoms with Gasteiger partial charge in [-0.25, -0.2) is 0 Å². The Balaban J connectivity index is 1.74. The van der Waals surface area contributed by atoms with E-state index in [2.05, 4.69) is 9.98 Å². The van der Waals surface area contributed by atoms with E-state index in [0.717, 1.165) is 17.1 Å². The molecular weight excluding hydrogens is 278 g/mol. The van der Waals surface area contributed by atoms with E-state index in [1.165, 1.54) is 4.57 Å². The van der Waals surface area contributed by atoms with Crippen LogP contribution in [0.15, 0.2) is 23.2 Å². The Hall–Kier alpha value is -2.28. The van der Waals surface area contributed by atoms with Gasteiger partial charge >= 0.3 is 0 Å². The van der Waals surface area contributed by atoms with E-state index in [9.17, 15) is 5.11 Å². The van der Waals surface area contributed by atoms with Crippen molar-refractivity contribution in [3.05, 3.63) is 34.2 Å². The number of aromatic hydroxyl groups is 1. The third-order valence-corrected chi connectivity index (χ3v) is 3.41. The maximum absolute atomic E-state index is 9.78. The molecular formula is C13H13N3O3S. The zero-order chi connectivity index (χ0) is 14.1. The molecule has 1 aliphatic rings. The molecule has 0 aliphatic carbocycles. The van der Waals surface area contributed by atoms with Crippen molar-refractivity contribution >= 4 is 18.4 Å². The number of aliphatic imine (C=N–C) groups is 1. The van der Waals surface area contributed by atoms with Crippen LogP contribution >= 0.6 is 12.2 Å². The summed E-state index contributed by atoms with van der Waals surface area (Å²) in [5, 5.41) is 9.78. The molecule has 0 spiro atoms. The van der Waals surface area contributed by atoms with Crippen molar-refractivity contribution in [2.75, 3.05) is 6.79 Å². The van der Waals surface area contributed by atoms with Gasteiger partial charge in [0.05, 0.1) is 12.8 Å². The molecule has 2 aromatic rings. The molecule has 7 heteroatoms. The third kappa shape index (κ3) is 2.27. The molecule has 0 unspecified atom stereocenters. The predicted octanol–water partition coefficient (Wildman–Crippen LogP) is 2.14. The van der Waals surface area contributed by atoms with Gasteiger partial charge in [0.25, 0.3) is 0 Å². The zero-order valence-corrected chi connectivity index (χ0v) is 11.6. The minimum atomic E-state index is 0.0736. The van der Waals surface area contributed by atoms with E-state index in [4.69, 9.17) is 21.7 Å². The molecule has 0 amide bonds. The van der Waals surface area contributed by atoms with Gasteiger partial charge in [0, 0.05) is 7.05 Å². The fourth-order valence-electron chi connectivity index (χ4n) is 1.90. The average Bonchev–Trinajstić information content (AvgIpc) is 3.00. The first-order valence-corrected chi connectivity index (χ1v) is 6.42. The monoisotopic (exact) mass is 291 g/mol. The highest BCUT2D eigenvalue weighted by molar-refractivity contribution is 7.71. The number of imidazole rings is 1. The molecule has 0 radical (unpaired) electrons. The van der Waals surface area contributed by atoms with Crippen molar-refractivity contribution in [2.24, 2.45) is 12.0 Å². The number of hydrogen-bond acceptors (Lipinski definition) is 5. The number of fused-ring (bicyclic) bond motifs is 1. The van der Waals surface area contributed by atoms with Crippen LogP contribution in [0.2, 0.25) is 0 Å².